The molecule has 30 heavy (non-hydrogen) atoms. The van der Waals surface area contributed by atoms with E-state index >= 15 is 0 Å². The number of para-hydroxylation sites is 2. The van der Waals surface area contributed by atoms with Crippen LogP contribution in [0.1, 0.15) is 29.9 Å². The number of nitrogens with zero attached hydrogens (tertiary/aromatic N) is 2. The predicted molar refractivity (Wildman–Crippen MR) is 119 cm³/mol. The summed E-state index contributed by atoms with van der Waals surface area (Å²) in [6.07, 6.45) is 0.0147. The first-order valence-corrected chi connectivity index (χ1v) is 10.1. The van der Waals surface area contributed by atoms with Gasteiger partial charge in [-0.25, -0.2) is 4.79 Å². The molecule has 6 nitrogen and oxygen atoms in total. The zero-order valence-electron chi connectivity index (χ0n) is 18.6. The van der Waals surface area contributed by atoms with E-state index in [1.54, 1.807) is 7.11 Å². The molecule has 3 aromatic rings. The lowest BCUT2D eigenvalue weighted by molar-refractivity contribution is 0.0527. The molecule has 0 bridgehead atoms. The fraction of sp³-hybridized carbons (Fsp3) is 0.375. The van der Waals surface area contributed by atoms with E-state index < -0.39 is 0 Å². The van der Waals surface area contributed by atoms with Gasteiger partial charge >= 0.3 is 5.97 Å². The summed E-state index contributed by atoms with van der Waals surface area (Å²) in [6.45, 7) is 6.87. The minimum absolute atomic E-state index is 0.0147. The van der Waals surface area contributed by atoms with Gasteiger partial charge in [0.1, 0.15) is 17.6 Å². The van der Waals surface area contributed by atoms with Gasteiger partial charge in [0.25, 0.3) is 0 Å². The predicted octanol–water partition coefficient (Wildman–Crippen LogP) is 4.45. The monoisotopic (exact) mass is 410 g/mol. The van der Waals surface area contributed by atoms with Crippen LogP contribution in [0, 0.1) is 6.92 Å². The highest BCUT2D eigenvalue weighted by atomic mass is 16.5. The van der Waals surface area contributed by atoms with E-state index in [9.17, 15) is 4.79 Å². The first-order chi connectivity index (χ1) is 14.4. The van der Waals surface area contributed by atoms with Crippen LogP contribution in [-0.2, 0) is 4.74 Å². The number of esters is 1. The highest BCUT2D eigenvalue weighted by Crippen LogP contribution is 2.35. The minimum atomic E-state index is -0.341. The first kappa shape index (κ1) is 21.7. The summed E-state index contributed by atoms with van der Waals surface area (Å²) in [5.41, 5.74) is 3.11. The molecule has 6 heteroatoms. The molecule has 1 unspecified atom stereocenters. The van der Waals surface area contributed by atoms with E-state index in [1.165, 1.54) is 0 Å². The summed E-state index contributed by atoms with van der Waals surface area (Å²) in [7, 11) is 5.67. The van der Waals surface area contributed by atoms with Crippen LogP contribution < -0.4 is 9.47 Å². The van der Waals surface area contributed by atoms with Crippen LogP contribution in [0.5, 0.6) is 11.5 Å². The molecule has 0 radical (unpaired) electrons. The van der Waals surface area contributed by atoms with Gasteiger partial charge in [-0.3, -0.25) is 0 Å². The smallest absolute Gasteiger partial charge is 0.340 e. The van der Waals surface area contributed by atoms with Crippen LogP contribution >= 0.6 is 0 Å². The van der Waals surface area contributed by atoms with Gasteiger partial charge in [-0.15, -0.1) is 0 Å². The van der Waals surface area contributed by atoms with Crippen molar-refractivity contribution < 1.29 is 19.0 Å². The first-order valence-electron chi connectivity index (χ1n) is 10.1. The number of carbonyl (C=O) groups is 1. The van der Waals surface area contributed by atoms with Crippen LogP contribution in [0.15, 0.2) is 42.5 Å². The van der Waals surface area contributed by atoms with Crippen molar-refractivity contribution in [2.24, 2.45) is 0 Å². The lowest BCUT2D eigenvalue weighted by atomic mass is 10.1. The molecule has 0 aliphatic heterocycles. The third-order valence-corrected chi connectivity index (χ3v) is 4.94. The maximum atomic E-state index is 12.8. The molecule has 0 saturated heterocycles. The van der Waals surface area contributed by atoms with Crippen molar-refractivity contribution in [3.05, 3.63) is 53.7 Å². The average Bonchev–Trinajstić information content (AvgIpc) is 2.98. The molecular weight excluding hydrogens is 380 g/mol. The van der Waals surface area contributed by atoms with Crippen molar-refractivity contribution in [3.63, 3.8) is 0 Å². The van der Waals surface area contributed by atoms with Crippen LogP contribution in [0.4, 0.5) is 0 Å². The average molecular weight is 411 g/mol. The lowest BCUT2D eigenvalue weighted by Gasteiger charge is -2.19. The summed E-state index contributed by atoms with van der Waals surface area (Å²) < 4.78 is 19.1. The molecule has 0 amide bonds. The zero-order chi connectivity index (χ0) is 21.8. The van der Waals surface area contributed by atoms with E-state index in [4.69, 9.17) is 14.2 Å². The van der Waals surface area contributed by atoms with Gasteiger partial charge in [0.2, 0.25) is 0 Å². The fourth-order valence-electron chi connectivity index (χ4n) is 3.84. The zero-order valence-corrected chi connectivity index (χ0v) is 18.6. The molecule has 0 fully saturated rings. The quantitative estimate of drug-likeness (QED) is 0.514. The second-order valence-electron chi connectivity index (χ2n) is 7.56. The second-order valence-corrected chi connectivity index (χ2v) is 7.56. The molecule has 0 N–H and O–H groups in total. The number of ether oxygens (including phenoxy) is 3. The lowest BCUT2D eigenvalue weighted by Crippen LogP contribution is -2.27. The Morgan fingerprint density at radius 2 is 1.90 bits per heavy atom. The van der Waals surface area contributed by atoms with E-state index in [0.29, 0.717) is 12.2 Å². The Kier molecular flexibility index (Phi) is 6.67. The van der Waals surface area contributed by atoms with E-state index in [-0.39, 0.29) is 12.1 Å². The number of aromatic nitrogens is 1. The fourth-order valence-corrected chi connectivity index (χ4v) is 3.84. The van der Waals surface area contributed by atoms with Crippen molar-refractivity contribution in [3.8, 4) is 17.2 Å². The normalized spacial score (nSPS) is 12.2. The Labute approximate surface area is 178 Å². The number of likely N-dealkylation sites (N-methyl/N-ethyl adjacent to an activating group) is 1. The van der Waals surface area contributed by atoms with Gasteiger partial charge < -0.3 is 23.7 Å². The number of rotatable bonds is 8. The maximum absolute atomic E-state index is 12.8. The standard InChI is InChI=1S/C24H30N2O4/c1-7-29-24(27)23-17(3)26(21-10-8-9-11-22(21)28-6)20-13-12-18(14-19(20)23)30-16(2)15-25(4)5/h8-14,16H,7,15H2,1-6H3. The van der Waals surface area contributed by atoms with Gasteiger partial charge in [-0.05, 0) is 65.2 Å². The summed E-state index contributed by atoms with van der Waals surface area (Å²) in [5, 5.41) is 0.798. The Bertz CT molecular complexity index is 1040. The Morgan fingerprint density at radius 1 is 1.17 bits per heavy atom. The second kappa shape index (κ2) is 9.22. The molecule has 0 saturated carbocycles. The topological polar surface area (TPSA) is 52.9 Å². The van der Waals surface area contributed by atoms with Gasteiger partial charge in [0, 0.05) is 17.6 Å². The number of hydrogen-bond acceptors (Lipinski definition) is 5. The van der Waals surface area contributed by atoms with Crippen molar-refractivity contribution in [2.75, 3.05) is 34.4 Å². The molecule has 1 aromatic heterocycles. The molecule has 0 aliphatic carbocycles. The summed E-state index contributed by atoms with van der Waals surface area (Å²) >= 11 is 0. The van der Waals surface area contributed by atoms with E-state index in [1.807, 2.05) is 81.9 Å². The highest BCUT2D eigenvalue weighted by molar-refractivity contribution is 6.07. The minimum Gasteiger partial charge on any atom is -0.495 e. The number of benzene rings is 2. The molecule has 1 atom stereocenters. The Hall–Kier alpha value is -2.99. The van der Waals surface area contributed by atoms with Crippen molar-refractivity contribution in [1.82, 2.24) is 9.47 Å². The van der Waals surface area contributed by atoms with E-state index in [2.05, 4.69) is 4.90 Å². The molecule has 2 aromatic carbocycles. The molecule has 160 valence electrons. The summed E-state index contributed by atoms with van der Waals surface area (Å²) in [4.78, 5) is 14.9. The van der Waals surface area contributed by atoms with Crippen molar-refractivity contribution in [1.29, 1.82) is 0 Å². The Morgan fingerprint density at radius 3 is 2.57 bits per heavy atom. The van der Waals surface area contributed by atoms with Gasteiger partial charge in [-0.1, -0.05) is 12.1 Å². The number of fused-ring (bicyclic) bond motifs is 1. The van der Waals surface area contributed by atoms with Crippen LogP contribution in [-0.4, -0.2) is 55.9 Å². The van der Waals surface area contributed by atoms with Crippen LogP contribution in [0.25, 0.3) is 16.6 Å². The van der Waals surface area contributed by atoms with Crippen LogP contribution in [0.2, 0.25) is 0 Å². The highest BCUT2D eigenvalue weighted by Gasteiger charge is 2.24. The number of carbonyl (C=O) groups excluding carboxylic acids is 1. The molecule has 3 rings (SSSR count). The molecule has 1 heterocycles. The number of hydrogen-bond donors (Lipinski definition) is 0. The molecule has 0 spiro atoms. The maximum Gasteiger partial charge on any atom is 0.340 e. The van der Waals surface area contributed by atoms with Gasteiger partial charge in [0.05, 0.1) is 30.5 Å². The van der Waals surface area contributed by atoms with Crippen molar-refractivity contribution in [2.45, 2.75) is 26.9 Å². The summed E-state index contributed by atoms with van der Waals surface area (Å²) in [5.74, 6) is 1.11. The third-order valence-electron chi connectivity index (χ3n) is 4.94. The van der Waals surface area contributed by atoms with Gasteiger partial charge in [-0.2, -0.15) is 0 Å². The summed E-state index contributed by atoms with van der Waals surface area (Å²) in [6, 6.07) is 13.6. The largest absolute Gasteiger partial charge is 0.495 e. The Balaban J connectivity index is 2.18. The third kappa shape index (κ3) is 4.28. The molecular formula is C24H30N2O4. The SMILES string of the molecule is CCOC(=O)c1c(C)n(-c2ccccc2OC)c2ccc(OC(C)CN(C)C)cc12. The van der Waals surface area contributed by atoms with E-state index in [0.717, 1.165) is 40.3 Å². The number of methoxy groups -OCH3 is 1. The van der Waals surface area contributed by atoms with Crippen molar-refractivity contribution >= 4 is 16.9 Å². The molecule has 0 aliphatic rings. The van der Waals surface area contributed by atoms with Gasteiger partial charge in [0.15, 0.2) is 0 Å². The van der Waals surface area contributed by atoms with Crippen LogP contribution in [0.3, 0.4) is 0 Å².